The third-order valence-electron chi connectivity index (χ3n) is 6.00. The molecule has 32 heavy (non-hydrogen) atoms. The minimum atomic E-state index is -0.0819. The maximum Gasteiger partial charge on any atom is 0.228 e. The first-order valence-electron chi connectivity index (χ1n) is 11.5. The van der Waals surface area contributed by atoms with Gasteiger partial charge >= 0.3 is 0 Å². The van der Waals surface area contributed by atoms with Crippen LogP contribution in [0.4, 0.5) is 5.82 Å². The van der Waals surface area contributed by atoms with E-state index in [2.05, 4.69) is 62.7 Å². The van der Waals surface area contributed by atoms with Gasteiger partial charge in [0.15, 0.2) is 0 Å². The molecule has 0 unspecified atom stereocenters. The molecule has 1 fully saturated rings. The Balaban J connectivity index is 1.46. The van der Waals surface area contributed by atoms with E-state index in [1.165, 1.54) is 0 Å². The summed E-state index contributed by atoms with van der Waals surface area (Å²) in [5.41, 5.74) is 1.83. The van der Waals surface area contributed by atoms with Crippen LogP contribution in [0.3, 0.4) is 0 Å². The molecule has 0 atom stereocenters. The van der Waals surface area contributed by atoms with E-state index in [-0.39, 0.29) is 17.1 Å². The molecule has 10 heteroatoms. The summed E-state index contributed by atoms with van der Waals surface area (Å²) in [6.45, 7) is 7.55. The van der Waals surface area contributed by atoms with E-state index < -0.39 is 0 Å². The van der Waals surface area contributed by atoms with Gasteiger partial charge in [-0.25, -0.2) is 4.98 Å². The Kier molecular flexibility index (Phi) is 6.42. The van der Waals surface area contributed by atoms with Crippen LogP contribution in [0, 0.1) is 11.8 Å². The van der Waals surface area contributed by atoms with Gasteiger partial charge in [0.05, 0.1) is 11.9 Å². The van der Waals surface area contributed by atoms with Crippen molar-refractivity contribution in [3.8, 4) is 11.3 Å². The lowest BCUT2D eigenvalue weighted by Gasteiger charge is -2.32. The normalized spacial score (nSPS) is 16.0. The fourth-order valence-electron chi connectivity index (χ4n) is 4.21. The molecule has 4 rings (SSSR count). The maximum absolute atomic E-state index is 12.8. The minimum Gasteiger partial charge on any atom is -0.310 e. The van der Waals surface area contributed by atoms with Crippen LogP contribution in [0.5, 0.6) is 0 Å². The van der Waals surface area contributed by atoms with E-state index in [9.17, 15) is 4.79 Å². The molecular formula is C22H31B3N6O. The molecule has 0 radical (unpaired) electrons. The second kappa shape index (κ2) is 9.10. The average Bonchev–Trinajstić information content (AvgIpc) is 3.24. The molecule has 3 aromatic rings. The molecule has 1 amide bonds. The second-order valence-electron chi connectivity index (χ2n) is 10.3. The number of pyridine rings is 2. The molecule has 1 N–H and O–H groups in total. The predicted molar refractivity (Wildman–Crippen MR) is 137 cm³/mol. The summed E-state index contributed by atoms with van der Waals surface area (Å²) in [7, 11) is 6.35. The first-order valence-corrected chi connectivity index (χ1v) is 11.5. The number of nitrogens with one attached hydrogen (secondary N) is 1. The van der Waals surface area contributed by atoms with E-state index in [0.29, 0.717) is 11.7 Å². The number of aromatic nitrogens is 4. The lowest BCUT2D eigenvalue weighted by molar-refractivity contribution is -0.121. The molecule has 0 aromatic carbocycles. The van der Waals surface area contributed by atoms with E-state index in [4.69, 9.17) is 0 Å². The van der Waals surface area contributed by atoms with Crippen LogP contribution in [0.1, 0.15) is 26.7 Å². The number of hydrogen-bond donors (Lipinski definition) is 1. The molecule has 1 aliphatic heterocycles. The largest absolute Gasteiger partial charge is 0.310 e. The van der Waals surface area contributed by atoms with Crippen molar-refractivity contribution >= 4 is 46.0 Å². The summed E-state index contributed by atoms with van der Waals surface area (Å²) >= 11 is 0. The van der Waals surface area contributed by atoms with Gasteiger partial charge in [0, 0.05) is 42.0 Å². The van der Waals surface area contributed by atoms with Gasteiger partial charge < -0.3 is 10.2 Å². The lowest BCUT2D eigenvalue weighted by Crippen LogP contribution is -2.39. The second-order valence-corrected chi connectivity index (χ2v) is 10.3. The SMILES string of the molecule is BC(B)(B)n1cc(-c2cc3cc(NC(=O)C4CCN(CC(C)C)CC4)ncc3cn2)cn1. The zero-order valence-electron chi connectivity index (χ0n) is 19.8. The molecule has 0 spiro atoms. The van der Waals surface area contributed by atoms with Crippen LogP contribution >= 0.6 is 0 Å². The van der Waals surface area contributed by atoms with Crippen molar-refractivity contribution in [1.29, 1.82) is 0 Å². The Morgan fingerprint density at radius 1 is 1.12 bits per heavy atom. The van der Waals surface area contributed by atoms with E-state index in [1.54, 1.807) is 6.20 Å². The summed E-state index contributed by atoms with van der Waals surface area (Å²) in [6.07, 6.45) is 9.25. The molecule has 3 aromatic heterocycles. The number of carbonyl (C=O) groups is 1. The molecule has 1 aliphatic rings. The van der Waals surface area contributed by atoms with Crippen molar-refractivity contribution < 1.29 is 4.79 Å². The quantitative estimate of drug-likeness (QED) is 0.571. The van der Waals surface area contributed by atoms with E-state index in [1.807, 2.05) is 35.4 Å². The standard InChI is InChI=1S/C22H31B3N6O/c1-14(2)12-30-5-3-15(4-6-30)21(32)29-20-8-16-7-19(26-9-17(16)10-27-20)18-11-28-31(13-18)22(23,24)25/h7-11,13-15H,3-6,12,23-25H2,1-2H3,(H,27,29,32). The van der Waals surface area contributed by atoms with E-state index >= 15 is 0 Å². The molecule has 7 nitrogen and oxygen atoms in total. The summed E-state index contributed by atoms with van der Waals surface area (Å²) < 4.78 is 1.94. The number of hydrogen-bond acceptors (Lipinski definition) is 5. The van der Waals surface area contributed by atoms with Crippen molar-refractivity contribution in [3.05, 3.63) is 36.9 Å². The number of nitrogens with zero attached hydrogens (tertiary/aromatic N) is 5. The Morgan fingerprint density at radius 3 is 2.50 bits per heavy atom. The van der Waals surface area contributed by atoms with Crippen molar-refractivity contribution in [2.45, 2.75) is 31.9 Å². The van der Waals surface area contributed by atoms with Crippen LogP contribution in [-0.2, 0) is 10.0 Å². The Morgan fingerprint density at radius 2 is 1.84 bits per heavy atom. The monoisotopic (exact) mass is 428 g/mol. The molecule has 164 valence electrons. The molecule has 0 bridgehead atoms. The van der Waals surface area contributed by atoms with Crippen LogP contribution in [-0.4, -0.2) is 73.7 Å². The number of anilines is 1. The predicted octanol–water partition coefficient (Wildman–Crippen LogP) is 0.267. The Labute approximate surface area is 192 Å². The number of carbonyl (C=O) groups excluding carboxylic acids is 1. The van der Waals surface area contributed by atoms with Gasteiger partial charge in [0.1, 0.15) is 29.4 Å². The maximum atomic E-state index is 12.8. The summed E-state index contributed by atoms with van der Waals surface area (Å²) in [5, 5.41) is 9.37. The van der Waals surface area contributed by atoms with Crippen LogP contribution < -0.4 is 5.32 Å². The highest BCUT2D eigenvalue weighted by Gasteiger charge is 2.25. The number of fused-ring (bicyclic) bond motifs is 1. The minimum absolute atomic E-state index is 0.0483. The highest BCUT2D eigenvalue weighted by Crippen LogP contribution is 2.25. The van der Waals surface area contributed by atoms with Gasteiger partial charge in [-0.1, -0.05) is 13.8 Å². The van der Waals surface area contributed by atoms with Crippen molar-refractivity contribution in [3.63, 3.8) is 0 Å². The van der Waals surface area contributed by atoms with Crippen molar-refractivity contribution in [2.75, 3.05) is 25.0 Å². The zero-order valence-corrected chi connectivity index (χ0v) is 19.8. The number of piperidine rings is 1. The zero-order chi connectivity index (χ0) is 22.9. The van der Waals surface area contributed by atoms with Crippen LogP contribution in [0.25, 0.3) is 22.0 Å². The molecule has 0 saturated carbocycles. The highest BCUT2D eigenvalue weighted by molar-refractivity contribution is 6.56. The summed E-state index contributed by atoms with van der Waals surface area (Å²) in [4.78, 5) is 24.3. The van der Waals surface area contributed by atoms with Gasteiger partial charge in [-0.05, 0) is 54.6 Å². The Bertz CT molecular complexity index is 1100. The number of rotatable bonds is 6. The van der Waals surface area contributed by atoms with Gasteiger partial charge in [-0.15, -0.1) is 0 Å². The highest BCUT2D eigenvalue weighted by atomic mass is 16.1. The molecular weight excluding hydrogens is 397 g/mol. The van der Waals surface area contributed by atoms with Crippen LogP contribution in [0.2, 0.25) is 0 Å². The lowest BCUT2D eigenvalue weighted by atomic mass is 9.49. The summed E-state index contributed by atoms with van der Waals surface area (Å²) in [6, 6.07) is 3.96. The first kappa shape index (κ1) is 22.6. The first-order chi connectivity index (χ1) is 15.2. The van der Waals surface area contributed by atoms with Crippen molar-refractivity contribution in [2.24, 2.45) is 11.8 Å². The van der Waals surface area contributed by atoms with E-state index in [0.717, 1.165) is 54.5 Å². The third-order valence-corrected chi connectivity index (χ3v) is 6.00. The van der Waals surface area contributed by atoms with Gasteiger partial charge in [0.2, 0.25) is 5.91 Å². The topological polar surface area (TPSA) is 75.9 Å². The summed E-state index contributed by atoms with van der Waals surface area (Å²) in [5.74, 6) is 1.37. The average molecular weight is 428 g/mol. The fraction of sp³-hybridized carbons (Fsp3) is 0.455. The number of likely N-dealkylation sites (tertiary alicyclic amines) is 1. The van der Waals surface area contributed by atoms with Gasteiger partial charge in [-0.2, -0.15) is 5.10 Å². The molecule has 1 saturated heterocycles. The van der Waals surface area contributed by atoms with Crippen LogP contribution in [0.15, 0.2) is 36.9 Å². The third kappa shape index (κ3) is 5.23. The van der Waals surface area contributed by atoms with Crippen molar-refractivity contribution in [1.82, 2.24) is 24.6 Å². The Hall–Kier alpha value is -2.61. The van der Waals surface area contributed by atoms with Gasteiger partial charge in [0.25, 0.3) is 0 Å². The number of amides is 1. The molecule has 0 aliphatic carbocycles. The molecule has 4 heterocycles. The fourth-order valence-corrected chi connectivity index (χ4v) is 4.21. The van der Waals surface area contributed by atoms with Gasteiger partial charge in [-0.3, -0.25) is 14.5 Å². The smallest absolute Gasteiger partial charge is 0.228 e.